The van der Waals surface area contributed by atoms with E-state index in [1.807, 2.05) is 0 Å². The fourth-order valence-corrected chi connectivity index (χ4v) is 0.299. The van der Waals surface area contributed by atoms with Crippen LogP contribution in [0.4, 0.5) is 0 Å². The summed E-state index contributed by atoms with van der Waals surface area (Å²) in [6.45, 7) is 6.82. The van der Waals surface area contributed by atoms with Crippen LogP contribution in [0.2, 0.25) is 0 Å². The Balaban J connectivity index is 3.02. The number of hydrogen-bond donors (Lipinski definition) is 0. The maximum atomic E-state index is 6.82. The standard InChI is InChI=1S/C5H3N2/c1-5-4-6-2-3-7-5/h2-4H. The minimum atomic E-state index is 0.211. The number of nitrogens with zero attached hydrogens (tertiary/aromatic N) is 2. The summed E-state index contributed by atoms with van der Waals surface area (Å²) in [6.07, 6.45) is 4.42. The van der Waals surface area contributed by atoms with Crippen molar-refractivity contribution < 1.29 is 0 Å². The summed E-state index contributed by atoms with van der Waals surface area (Å²) in [5, 5.41) is 0. The van der Waals surface area contributed by atoms with Crippen molar-refractivity contribution >= 4 is 0 Å². The molecule has 0 aliphatic rings. The Bertz CT molecular complexity index is 136. The van der Waals surface area contributed by atoms with Crippen LogP contribution >= 0.6 is 0 Å². The van der Waals surface area contributed by atoms with E-state index in [0.717, 1.165) is 0 Å². The lowest BCUT2D eigenvalue weighted by atomic mass is 10.5. The molecular weight excluding hydrogens is 88.1 g/mol. The summed E-state index contributed by atoms with van der Waals surface area (Å²) in [5.74, 6) is 0. The molecular formula is C5H3N2. The molecule has 2 nitrogen and oxygen atoms in total. The Morgan fingerprint density at radius 1 is 1.43 bits per heavy atom. The molecule has 2 heteroatoms. The van der Waals surface area contributed by atoms with Gasteiger partial charge in [0.25, 0.3) is 0 Å². The van der Waals surface area contributed by atoms with Crippen molar-refractivity contribution in [1.82, 2.24) is 9.97 Å². The third kappa shape index (κ3) is 0.961. The molecule has 0 bridgehead atoms. The van der Waals surface area contributed by atoms with Crippen LogP contribution in [0.3, 0.4) is 0 Å². The lowest BCUT2D eigenvalue weighted by molar-refractivity contribution is 1.16. The van der Waals surface area contributed by atoms with Crippen LogP contribution in [0.5, 0.6) is 0 Å². The van der Waals surface area contributed by atoms with Gasteiger partial charge in [0.05, 0.1) is 12.6 Å². The van der Waals surface area contributed by atoms with E-state index in [2.05, 4.69) is 9.97 Å². The van der Waals surface area contributed by atoms with E-state index < -0.39 is 0 Å². The Labute approximate surface area is 42.2 Å². The topological polar surface area (TPSA) is 25.8 Å². The summed E-state index contributed by atoms with van der Waals surface area (Å²) < 4.78 is 0. The molecule has 1 aromatic heterocycles. The van der Waals surface area contributed by atoms with E-state index in [-0.39, 0.29) is 5.69 Å². The SMILES string of the molecule is [C]c1cnccn1. The van der Waals surface area contributed by atoms with E-state index in [0.29, 0.717) is 0 Å². The van der Waals surface area contributed by atoms with Crippen molar-refractivity contribution in [2.75, 3.05) is 0 Å². The van der Waals surface area contributed by atoms with Gasteiger partial charge in [0.1, 0.15) is 0 Å². The quantitative estimate of drug-likeness (QED) is 0.462. The van der Waals surface area contributed by atoms with Crippen molar-refractivity contribution in [2.24, 2.45) is 0 Å². The van der Waals surface area contributed by atoms with Crippen molar-refractivity contribution in [2.45, 2.75) is 0 Å². The van der Waals surface area contributed by atoms with Gasteiger partial charge in [0.15, 0.2) is 0 Å². The highest BCUT2D eigenvalue weighted by Gasteiger charge is 1.75. The van der Waals surface area contributed by atoms with Crippen LogP contribution in [-0.4, -0.2) is 9.97 Å². The third-order valence-corrected chi connectivity index (χ3v) is 0.563. The Morgan fingerprint density at radius 3 is 2.57 bits per heavy atom. The van der Waals surface area contributed by atoms with Crippen molar-refractivity contribution in [3.8, 4) is 0 Å². The van der Waals surface area contributed by atoms with Gasteiger partial charge in [-0.05, 0) is 0 Å². The molecule has 1 aromatic rings. The van der Waals surface area contributed by atoms with Gasteiger partial charge in [-0.15, -0.1) is 0 Å². The Morgan fingerprint density at radius 2 is 2.29 bits per heavy atom. The first-order chi connectivity index (χ1) is 3.39. The molecule has 0 fully saturated rings. The van der Waals surface area contributed by atoms with Crippen LogP contribution in [0.1, 0.15) is 5.69 Å². The molecule has 7 heavy (non-hydrogen) atoms. The highest BCUT2D eigenvalue weighted by Crippen LogP contribution is 1.81. The second-order valence-corrected chi connectivity index (χ2v) is 1.09. The van der Waals surface area contributed by atoms with Crippen molar-refractivity contribution in [3.05, 3.63) is 31.2 Å². The normalized spacial score (nSPS) is 8.71. The van der Waals surface area contributed by atoms with Gasteiger partial charge in [0.2, 0.25) is 0 Å². The smallest absolute Gasteiger partial charge is 0.0679 e. The van der Waals surface area contributed by atoms with Gasteiger partial charge in [0, 0.05) is 18.6 Å². The predicted octanol–water partition coefficient (Wildman–Crippen LogP) is 0.413. The van der Waals surface area contributed by atoms with Crippen molar-refractivity contribution in [3.63, 3.8) is 0 Å². The lowest BCUT2D eigenvalue weighted by Gasteiger charge is -1.80. The molecule has 0 saturated heterocycles. The van der Waals surface area contributed by atoms with Crippen LogP contribution in [0.15, 0.2) is 18.6 Å². The second-order valence-electron chi connectivity index (χ2n) is 1.09. The zero-order valence-electron chi connectivity index (χ0n) is 3.63. The molecule has 3 radical (unpaired) electrons. The molecule has 0 spiro atoms. The predicted molar refractivity (Wildman–Crippen MR) is 24.4 cm³/mol. The molecule has 0 saturated carbocycles. The molecule has 1 rings (SSSR count). The van der Waals surface area contributed by atoms with E-state index in [1.165, 1.54) is 18.6 Å². The zero-order valence-corrected chi connectivity index (χ0v) is 3.63. The first kappa shape index (κ1) is 4.24. The van der Waals surface area contributed by atoms with Gasteiger partial charge in [-0.25, -0.2) is 0 Å². The average Bonchev–Trinajstić information content (AvgIpc) is 1.69. The summed E-state index contributed by atoms with van der Waals surface area (Å²) in [5.41, 5.74) is 0.211. The molecule has 0 aliphatic heterocycles. The highest BCUT2D eigenvalue weighted by atomic mass is 14.7. The maximum Gasteiger partial charge on any atom is 0.0679 e. The molecule has 0 aromatic carbocycles. The lowest BCUT2D eigenvalue weighted by Crippen LogP contribution is -1.77. The van der Waals surface area contributed by atoms with E-state index in [4.69, 9.17) is 6.92 Å². The third-order valence-electron chi connectivity index (χ3n) is 0.563. The average molecular weight is 91.1 g/mol. The highest BCUT2D eigenvalue weighted by molar-refractivity contribution is 4.96. The fourth-order valence-electron chi connectivity index (χ4n) is 0.299. The van der Waals surface area contributed by atoms with Gasteiger partial charge < -0.3 is 0 Å². The van der Waals surface area contributed by atoms with E-state index >= 15 is 0 Å². The van der Waals surface area contributed by atoms with Crippen LogP contribution in [0.25, 0.3) is 0 Å². The fraction of sp³-hybridized carbons (Fsp3) is 0. The van der Waals surface area contributed by atoms with Crippen LogP contribution in [-0.2, 0) is 0 Å². The van der Waals surface area contributed by atoms with Gasteiger partial charge in [-0.1, -0.05) is 0 Å². The first-order valence-electron chi connectivity index (χ1n) is 1.87. The summed E-state index contributed by atoms with van der Waals surface area (Å²) in [4.78, 5) is 7.22. The van der Waals surface area contributed by atoms with Gasteiger partial charge in [-0.2, -0.15) is 0 Å². The van der Waals surface area contributed by atoms with Crippen molar-refractivity contribution in [1.29, 1.82) is 0 Å². The second kappa shape index (κ2) is 1.69. The molecule has 0 amide bonds. The molecule has 1 heterocycles. The first-order valence-corrected chi connectivity index (χ1v) is 1.87. The Kier molecular flexibility index (Phi) is 1.02. The van der Waals surface area contributed by atoms with E-state index in [1.54, 1.807) is 0 Å². The minimum absolute atomic E-state index is 0.211. The molecule has 0 atom stereocenters. The summed E-state index contributed by atoms with van der Waals surface area (Å²) in [7, 11) is 0. The summed E-state index contributed by atoms with van der Waals surface area (Å²) in [6, 6.07) is 0. The number of hydrogen-bond acceptors (Lipinski definition) is 2. The van der Waals surface area contributed by atoms with Crippen LogP contribution in [0, 0.1) is 6.92 Å². The molecule has 33 valence electrons. The molecule has 0 N–H and O–H groups in total. The minimum Gasteiger partial charge on any atom is -0.261 e. The largest absolute Gasteiger partial charge is 0.261 e. The van der Waals surface area contributed by atoms with Gasteiger partial charge >= 0.3 is 0 Å². The number of rotatable bonds is 0. The Hall–Kier alpha value is -0.920. The van der Waals surface area contributed by atoms with Crippen LogP contribution < -0.4 is 0 Å². The maximum absolute atomic E-state index is 6.82. The number of aromatic nitrogens is 2. The zero-order chi connectivity index (χ0) is 5.11. The van der Waals surface area contributed by atoms with Gasteiger partial charge in [-0.3, -0.25) is 9.97 Å². The summed E-state index contributed by atoms with van der Waals surface area (Å²) >= 11 is 0. The molecule has 0 unspecified atom stereocenters. The monoisotopic (exact) mass is 91.0 g/mol. The van der Waals surface area contributed by atoms with E-state index in [9.17, 15) is 0 Å². The molecule has 0 aliphatic carbocycles.